The third kappa shape index (κ3) is 5.35. The van der Waals surface area contributed by atoms with Crippen LogP contribution in [0.5, 0.6) is 11.5 Å². The van der Waals surface area contributed by atoms with Crippen molar-refractivity contribution in [3.05, 3.63) is 107 Å². The second kappa shape index (κ2) is 10.2. The summed E-state index contributed by atoms with van der Waals surface area (Å²) >= 11 is 0. The third-order valence-corrected chi connectivity index (χ3v) is 5.88. The van der Waals surface area contributed by atoms with Gasteiger partial charge in [-0.1, -0.05) is 72.8 Å². The van der Waals surface area contributed by atoms with E-state index in [1.165, 1.54) is 5.39 Å². The van der Waals surface area contributed by atoms with Crippen LogP contribution in [-0.4, -0.2) is 24.5 Å². The fourth-order valence-electron chi connectivity index (χ4n) is 4.07. The number of aryl methyl sites for hydroxylation is 2. The normalized spacial score (nSPS) is 10.8. The lowest BCUT2D eigenvalue weighted by Gasteiger charge is -2.24. The van der Waals surface area contributed by atoms with Crippen LogP contribution < -0.4 is 9.47 Å². The largest absolute Gasteiger partial charge is 0.497 e. The molecule has 0 heterocycles. The number of ether oxygens (including phenoxy) is 2. The summed E-state index contributed by atoms with van der Waals surface area (Å²) in [6.07, 6.45) is 0. The minimum Gasteiger partial charge on any atom is -0.497 e. The van der Waals surface area contributed by atoms with Crippen LogP contribution >= 0.6 is 0 Å². The maximum atomic E-state index is 13.4. The van der Waals surface area contributed by atoms with Crippen LogP contribution in [0.15, 0.2) is 84.9 Å². The van der Waals surface area contributed by atoms with Crippen LogP contribution in [0, 0.1) is 13.8 Å². The number of hydrogen-bond acceptors (Lipinski definition) is 3. The van der Waals surface area contributed by atoms with E-state index < -0.39 is 0 Å². The smallest absolute Gasteiger partial charge is 0.261 e. The molecule has 0 aromatic heterocycles. The maximum Gasteiger partial charge on any atom is 0.261 e. The van der Waals surface area contributed by atoms with Gasteiger partial charge in [0.1, 0.15) is 11.5 Å². The second-order valence-corrected chi connectivity index (χ2v) is 8.25. The van der Waals surface area contributed by atoms with E-state index in [0.29, 0.717) is 13.1 Å². The molecule has 4 nitrogen and oxygen atoms in total. The molecule has 4 heteroatoms. The van der Waals surface area contributed by atoms with E-state index in [9.17, 15) is 4.79 Å². The highest BCUT2D eigenvalue weighted by Crippen LogP contribution is 2.24. The summed E-state index contributed by atoms with van der Waals surface area (Å²) in [5.41, 5.74) is 4.20. The SMILES string of the molecule is COc1ccc(CN(Cc2cccc3ccccc23)C(=O)COc2c(C)cccc2C)cc1. The van der Waals surface area contributed by atoms with Crippen molar-refractivity contribution in [1.29, 1.82) is 0 Å². The van der Waals surface area contributed by atoms with Crippen molar-refractivity contribution < 1.29 is 14.3 Å². The summed E-state index contributed by atoms with van der Waals surface area (Å²) in [6, 6.07) is 28.3. The average Bonchev–Trinajstić information content (AvgIpc) is 2.84. The molecule has 33 heavy (non-hydrogen) atoms. The summed E-state index contributed by atoms with van der Waals surface area (Å²) in [5.74, 6) is 1.52. The van der Waals surface area contributed by atoms with Gasteiger partial charge in [-0.3, -0.25) is 4.79 Å². The minimum atomic E-state index is -0.0543. The van der Waals surface area contributed by atoms with E-state index in [0.717, 1.165) is 39.1 Å². The molecule has 0 aliphatic rings. The zero-order valence-corrected chi connectivity index (χ0v) is 19.4. The quantitative estimate of drug-likeness (QED) is 0.334. The standard InChI is InChI=1S/C29H29NO3/c1-21-8-6-9-22(2)29(21)33-20-28(31)30(18-23-14-16-26(32-3)17-15-23)19-25-12-7-11-24-10-4-5-13-27(24)25/h4-17H,18-20H2,1-3H3. The van der Waals surface area contributed by atoms with Gasteiger partial charge in [-0.05, 0) is 59.0 Å². The number of hydrogen-bond donors (Lipinski definition) is 0. The number of fused-ring (bicyclic) bond motifs is 1. The average molecular weight is 440 g/mol. The van der Waals surface area contributed by atoms with E-state index in [2.05, 4.69) is 24.3 Å². The number of para-hydroxylation sites is 1. The lowest BCUT2D eigenvalue weighted by atomic mass is 10.0. The van der Waals surface area contributed by atoms with Gasteiger partial charge in [0.05, 0.1) is 7.11 Å². The van der Waals surface area contributed by atoms with Crippen molar-refractivity contribution in [2.45, 2.75) is 26.9 Å². The Hall–Kier alpha value is -3.79. The van der Waals surface area contributed by atoms with Crippen LogP contribution in [-0.2, 0) is 17.9 Å². The molecule has 1 amide bonds. The van der Waals surface area contributed by atoms with Gasteiger partial charge in [0, 0.05) is 13.1 Å². The molecular weight excluding hydrogens is 410 g/mol. The van der Waals surface area contributed by atoms with Crippen LogP contribution in [0.2, 0.25) is 0 Å². The molecule has 168 valence electrons. The zero-order valence-electron chi connectivity index (χ0n) is 19.4. The van der Waals surface area contributed by atoms with Gasteiger partial charge in [0.15, 0.2) is 6.61 Å². The van der Waals surface area contributed by atoms with Gasteiger partial charge in [-0.15, -0.1) is 0 Å². The van der Waals surface area contributed by atoms with E-state index in [4.69, 9.17) is 9.47 Å². The molecule has 0 bridgehead atoms. The first-order chi connectivity index (χ1) is 16.0. The van der Waals surface area contributed by atoms with Gasteiger partial charge < -0.3 is 14.4 Å². The second-order valence-electron chi connectivity index (χ2n) is 8.25. The number of benzene rings is 4. The highest BCUT2D eigenvalue weighted by atomic mass is 16.5. The molecule has 0 N–H and O–H groups in total. The molecule has 0 atom stereocenters. The van der Waals surface area contributed by atoms with Crippen molar-refractivity contribution in [2.24, 2.45) is 0 Å². The maximum absolute atomic E-state index is 13.4. The number of rotatable bonds is 8. The zero-order chi connectivity index (χ0) is 23.2. The van der Waals surface area contributed by atoms with Crippen LogP contribution in [0.4, 0.5) is 0 Å². The molecule has 0 radical (unpaired) electrons. The summed E-state index contributed by atoms with van der Waals surface area (Å²) in [4.78, 5) is 15.2. The van der Waals surface area contributed by atoms with E-state index in [1.807, 2.05) is 79.4 Å². The fourth-order valence-corrected chi connectivity index (χ4v) is 4.07. The molecule has 0 saturated heterocycles. The van der Waals surface area contributed by atoms with Gasteiger partial charge in [-0.2, -0.15) is 0 Å². The van der Waals surface area contributed by atoms with Gasteiger partial charge >= 0.3 is 0 Å². The monoisotopic (exact) mass is 439 g/mol. The van der Waals surface area contributed by atoms with Gasteiger partial charge in [0.25, 0.3) is 5.91 Å². The number of carbonyl (C=O) groups is 1. The van der Waals surface area contributed by atoms with Crippen molar-refractivity contribution in [2.75, 3.05) is 13.7 Å². The summed E-state index contributed by atoms with van der Waals surface area (Å²) in [5, 5.41) is 2.32. The van der Waals surface area contributed by atoms with Crippen molar-refractivity contribution in [3.63, 3.8) is 0 Å². The van der Waals surface area contributed by atoms with E-state index in [-0.39, 0.29) is 12.5 Å². The molecule has 0 aliphatic carbocycles. The molecule has 4 rings (SSSR count). The lowest BCUT2D eigenvalue weighted by Crippen LogP contribution is -2.34. The first-order valence-electron chi connectivity index (χ1n) is 11.1. The Morgan fingerprint density at radius 1 is 0.788 bits per heavy atom. The number of carbonyl (C=O) groups excluding carboxylic acids is 1. The Balaban J connectivity index is 1.59. The molecule has 0 aliphatic heterocycles. The molecule has 4 aromatic carbocycles. The predicted molar refractivity (Wildman–Crippen MR) is 133 cm³/mol. The first kappa shape index (κ1) is 22.4. The topological polar surface area (TPSA) is 38.8 Å². The molecule has 0 fully saturated rings. The highest BCUT2D eigenvalue weighted by molar-refractivity contribution is 5.86. The lowest BCUT2D eigenvalue weighted by molar-refractivity contribution is -0.134. The summed E-state index contributed by atoms with van der Waals surface area (Å²) in [6.45, 7) is 4.98. The molecular formula is C29H29NO3. The molecule has 4 aromatic rings. The Bertz CT molecular complexity index is 1220. The number of methoxy groups -OCH3 is 1. The molecule has 0 saturated carbocycles. The summed E-state index contributed by atoms with van der Waals surface area (Å²) in [7, 11) is 1.65. The first-order valence-corrected chi connectivity index (χ1v) is 11.1. The predicted octanol–water partition coefficient (Wildman–Crippen LogP) is 6.07. The third-order valence-electron chi connectivity index (χ3n) is 5.88. The Kier molecular flexibility index (Phi) is 6.94. The summed E-state index contributed by atoms with van der Waals surface area (Å²) < 4.78 is 11.3. The van der Waals surface area contributed by atoms with Gasteiger partial charge in [-0.25, -0.2) is 0 Å². The molecule has 0 unspecified atom stereocenters. The van der Waals surface area contributed by atoms with Crippen molar-refractivity contribution in [3.8, 4) is 11.5 Å². The fraction of sp³-hybridized carbons (Fsp3) is 0.207. The number of nitrogens with zero attached hydrogens (tertiary/aromatic N) is 1. The van der Waals surface area contributed by atoms with E-state index >= 15 is 0 Å². The Morgan fingerprint density at radius 2 is 1.45 bits per heavy atom. The Morgan fingerprint density at radius 3 is 2.18 bits per heavy atom. The van der Waals surface area contributed by atoms with E-state index in [1.54, 1.807) is 7.11 Å². The van der Waals surface area contributed by atoms with Gasteiger partial charge in [0.2, 0.25) is 0 Å². The van der Waals surface area contributed by atoms with Crippen LogP contribution in [0.25, 0.3) is 10.8 Å². The minimum absolute atomic E-state index is 0.00733. The van der Waals surface area contributed by atoms with Crippen molar-refractivity contribution in [1.82, 2.24) is 4.90 Å². The van der Waals surface area contributed by atoms with Crippen LogP contribution in [0.3, 0.4) is 0 Å². The van der Waals surface area contributed by atoms with Crippen LogP contribution in [0.1, 0.15) is 22.3 Å². The highest BCUT2D eigenvalue weighted by Gasteiger charge is 2.18. The Labute approximate surface area is 195 Å². The molecule has 0 spiro atoms. The number of amides is 1. The van der Waals surface area contributed by atoms with Crippen molar-refractivity contribution >= 4 is 16.7 Å².